The normalized spacial score (nSPS) is 20.4. The second-order valence-corrected chi connectivity index (χ2v) is 11.7. The third kappa shape index (κ3) is 3.86. The number of imidazole rings is 1. The second kappa shape index (κ2) is 8.50. The van der Waals surface area contributed by atoms with Crippen molar-refractivity contribution in [3.63, 3.8) is 0 Å². The maximum atomic E-state index is 13.2. The fraction of sp³-hybridized carbons (Fsp3) is 0.318. The fourth-order valence-corrected chi connectivity index (χ4v) is 6.85. The van der Waals surface area contributed by atoms with Crippen LogP contribution in [0.1, 0.15) is 23.8 Å². The molecule has 0 unspecified atom stereocenters. The van der Waals surface area contributed by atoms with Crippen molar-refractivity contribution in [2.24, 2.45) is 5.92 Å². The number of non-ortho nitro benzene ring substituents is 1. The molecule has 1 N–H and O–H groups in total. The predicted molar refractivity (Wildman–Crippen MR) is 126 cm³/mol. The van der Waals surface area contributed by atoms with E-state index in [0.717, 1.165) is 17.6 Å². The van der Waals surface area contributed by atoms with E-state index in [4.69, 9.17) is 4.74 Å². The van der Waals surface area contributed by atoms with E-state index in [-0.39, 0.29) is 29.4 Å². The second-order valence-electron chi connectivity index (χ2n) is 8.70. The summed E-state index contributed by atoms with van der Waals surface area (Å²) in [7, 11) is -3.58. The number of aliphatic hydroxyl groups excluding tert-OH is 1. The minimum atomic E-state index is -3.58. The van der Waals surface area contributed by atoms with Gasteiger partial charge in [-0.1, -0.05) is 0 Å². The smallest absolute Gasteiger partial charge is 0.355 e. The lowest BCUT2D eigenvalue weighted by atomic mass is 9.83. The molecular formula is C22H20N4O8S2. The standard InChI is InChI=1S/C22H20N4O8S2/c1-11(27)17-15-7-14(16-8-24-10-23-19(21(24)35-16)36(2,32)33)18(25(15)20(17)28)22(29)34-9-12-3-5-13(6-4-12)26(30)31/h3-6,8,10-11,15,17,27H,7,9H2,1-2H3/t11-,15-,17-/m1/s1. The first kappa shape index (κ1) is 24.1. The molecule has 14 heteroatoms. The average Bonchev–Trinajstić information content (AvgIpc) is 3.47. The summed E-state index contributed by atoms with van der Waals surface area (Å²) < 4.78 is 31.2. The number of nitrogens with zero attached hydrogens (tertiary/aromatic N) is 4. The Hall–Kier alpha value is -3.62. The molecule has 3 atom stereocenters. The molecule has 1 fully saturated rings. The van der Waals surface area contributed by atoms with Crippen molar-refractivity contribution < 1.29 is 32.8 Å². The molecule has 1 aromatic carbocycles. The number of nitro groups is 1. The van der Waals surface area contributed by atoms with E-state index in [1.165, 1.54) is 42.4 Å². The molecule has 0 radical (unpaired) electrons. The number of rotatable bonds is 7. The summed E-state index contributed by atoms with van der Waals surface area (Å²) in [5, 5.41) is 20.8. The van der Waals surface area contributed by atoms with Crippen molar-refractivity contribution in [3.05, 3.63) is 63.0 Å². The highest BCUT2D eigenvalue weighted by molar-refractivity contribution is 7.91. The number of hydrogen-bond donors (Lipinski definition) is 1. The number of amides is 1. The largest absolute Gasteiger partial charge is 0.456 e. The van der Waals surface area contributed by atoms with Crippen LogP contribution in [0.15, 0.2) is 47.5 Å². The highest BCUT2D eigenvalue weighted by Gasteiger charge is 2.57. The molecule has 1 saturated heterocycles. The molecule has 4 heterocycles. The Morgan fingerprint density at radius 1 is 1.36 bits per heavy atom. The third-order valence-electron chi connectivity index (χ3n) is 6.27. The lowest BCUT2D eigenvalue weighted by molar-refractivity contribution is -0.384. The number of benzene rings is 1. The van der Waals surface area contributed by atoms with Crippen LogP contribution in [-0.2, 0) is 30.8 Å². The molecule has 0 aliphatic carbocycles. The summed E-state index contributed by atoms with van der Waals surface area (Å²) in [5.41, 5.74) is 0.985. The molecule has 0 saturated carbocycles. The van der Waals surface area contributed by atoms with Crippen LogP contribution in [0.3, 0.4) is 0 Å². The highest BCUT2D eigenvalue weighted by Crippen LogP contribution is 2.48. The van der Waals surface area contributed by atoms with Crippen molar-refractivity contribution in [3.8, 4) is 0 Å². The zero-order valence-corrected chi connectivity index (χ0v) is 20.7. The lowest BCUT2D eigenvalue weighted by Gasteiger charge is -2.44. The van der Waals surface area contributed by atoms with Gasteiger partial charge in [-0.15, -0.1) is 11.3 Å². The van der Waals surface area contributed by atoms with E-state index in [1.807, 2.05) is 0 Å². The van der Waals surface area contributed by atoms with Crippen LogP contribution in [0.4, 0.5) is 5.69 Å². The number of hydrogen-bond acceptors (Lipinski definition) is 10. The lowest BCUT2D eigenvalue weighted by Crippen LogP contribution is -2.61. The molecule has 1 amide bonds. The van der Waals surface area contributed by atoms with E-state index in [0.29, 0.717) is 20.8 Å². The summed E-state index contributed by atoms with van der Waals surface area (Å²) in [6, 6.07) is 5.11. The monoisotopic (exact) mass is 532 g/mol. The topological polar surface area (TPSA) is 161 Å². The van der Waals surface area contributed by atoms with Gasteiger partial charge in [0, 0.05) is 30.2 Å². The van der Waals surface area contributed by atoms with Gasteiger partial charge < -0.3 is 14.7 Å². The third-order valence-corrected chi connectivity index (χ3v) is 8.57. The van der Waals surface area contributed by atoms with Crippen LogP contribution in [0.5, 0.6) is 0 Å². The summed E-state index contributed by atoms with van der Waals surface area (Å²) in [6.07, 6.45) is 3.45. The average molecular weight is 533 g/mol. The highest BCUT2D eigenvalue weighted by atomic mass is 32.2. The van der Waals surface area contributed by atoms with Gasteiger partial charge in [-0.2, -0.15) is 0 Å². The molecule has 5 rings (SSSR count). The van der Waals surface area contributed by atoms with Crippen molar-refractivity contribution >= 4 is 49.1 Å². The van der Waals surface area contributed by atoms with E-state index < -0.39 is 44.7 Å². The quantitative estimate of drug-likeness (QED) is 0.207. The van der Waals surface area contributed by atoms with Crippen LogP contribution < -0.4 is 0 Å². The Kier molecular flexibility index (Phi) is 5.69. The van der Waals surface area contributed by atoms with Crippen LogP contribution in [0.25, 0.3) is 10.4 Å². The zero-order valence-electron chi connectivity index (χ0n) is 19.0. The first-order chi connectivity index (χ1) is 17.0. The minimum absolute atomic E-state index is 0.0437. The van der Waals surface area contributed by atoms with Crippen molar-refractivity contribution in [2.45, 2.75) is 37.1 Å². The first-order valence-corrected chi connectivity index (χ1v) is 13.5. The molecule has 3 aromatic rings. The summed E-state index contributed by atoms with van der Waals surface area (Å²) in [4.78, 5) is 42.6. The van der Waals surface area contributed by atoms with Gasteiger partial charge in [0.15, 0.2) is 14.9 Å². The van der Waals surface area contributed by atoms with E-state index in [9.17, 15) is 33.2 Å². The SMILES string of the molecule is C[C@@H](O)[C@H]1C(=O)N2C(C(=O)OCc3ccc([N+](=O)[O-])cc3)=C(c3cn4cnc(S(C)(=O)=O)c4s3)C[C@H]12. The van der Waals surface area contributed by atoms with Gasteiger partial charge >= 0.3 is 5.97 Å². The Balaban J connectivity index is 1.49. The van der Waals surface area contributed by atoms with Gasteiger partial charge in [-0.25, -0.2) is 18.2 Å². The Bertz CT molecular complexity index is 1550. The van der Waals surface area contributed by atoms with Gasteiger partial charge in [-0.3, -0.25) is 19.3 Å². The molecule has 12 nitrogen and oxygen atoms in total. The molecule has 188 valence electrons. The van der Waals surface area contributed by atoms with Crippen LogP contribution >= 0.6 is 11.3 Å². The number of sulfone groups is 1. The number of carbonyl (C=O) groups is 2. The Labute approximate surface area is 208 Å². The number of esters is 1. The Morgan fingerprint density at radius 2 is 2.06 bits per heavy atom. The molecule has 2 aromatic heterocycles. The van der Waals surface area contributed by atoms with E-state index in [2.05, 4.69) is 4.98 Å². The number of aliphatic hydroxyl groups is 1. The maximum absolute atomic E-state index is 13.2. The van der Waals surface area contributed by atoms with Gasteiger partial charge in [-0.05, 0) is 31.0 Å². The molecule has 36 heavy (non-hydrogen) atoms. The van der Waals surface area contributed by atoms with Crippen LogP contribution in [0, 0.1) is 16.0 Å². The van der Waals surface area contributed by atoms with Gasteiger partial charge in [0.1, 0.15) is 23.5 Å². The number of nitro benzene ring substituents is 1. The number of aromatic nitrogens is 2. The minimum Gasteiger partial charge on any atom is -0.456 e. The molecule has 2 aliphatic heterocycles. The van der Waals surface area contributed by atoms with Crippen molar-refractivity contribution in [1.29, 1.82) is 0 Å². The summed E-state index contributed by atoms with van der Waals surface area (Å²) in [6.45, 7) is 1.35. The van der Waals surface area contributed by atoms with Gasteiger partial charge in [0.05, 0.1) is 27.9 Å². The molecule has 0 spiro atoms. The summed E-state index contributed by atoms with van der Waals surface area (Å²) in [5.74, 6) is -1.82. The maximum Gasteiger partial charge on any atom is 0.355 e. The molecular weight excluding hydrogens is 512 g/mol. The van der Waals surface area contributed by atoms with Crippen LogP contribution in [0.2, 0.25) is 0 Å². The number of β-lactam (4-membered cyclic amide) rings is 1. The Morgan fingerprint density at radius 3 is 2.67 bits per heavy atom. The fourth-order valence-electron chi connectivity index (χ4n) is 4.58. The van der Waals surface area contributed by atoms with Crippen molar-refractivity contribution in [2.75, 3.05) is 6.26 Å². The number of thiazole rings is 1. The van der Waals surface area contributed by atoms with Crippen molar-refractivity contribution in [1.82, 2.24) is 14.3 Å². The summed E-state index contributed by atoms with van der Waals surface area (Å²) >= 11 is 1.13. The van der Waals surface area contributed by atoms with Gasteiger partial charge in [0.25, 0.3) is 5.69 Å². The van der Waals surface area contributed by atoms with Crippen LogP contribution in [-0.4, -0.2) is 63.0 Å². The number of ether oxygens (including phenoxy) is 1. The predicted octanol–water partition coefficient (Wildman–Crippen LogP) is 1.77. The number of fused-ring (bicyclic) bond motifs is 2. The molecule has 0 bridgehead atoms. The zero-order chi connectivity index (χ0) is 25.9. The van der Waals surface area contributed by atoms with Gasteiger partial charge in [0.2, 0.25) is 5.91 Å². The van der Waals surface area contributed by atoms with E-state index in [1.54, 1.807) is 10.6 Å². The van der Waals surface area contributed by atoms with E-state index >= 15 is 0 Å². The molecule has 2 aliphatic rings. The number of carbonyl (C=O) groups excluding carboxylic acids is 2. The first-order valence-electron chi connectivity index (χ1n) is 10.8.